The van der Waals surface area contributed by atoms with Crippen LogP contribution in [0.15, 0.2) is 35.5 Å². The van der Waals surface area contributed by atoms with E-state index in [9.17, 15) is 14.7 Å². The molecule has 21 heavy (non-hydrogen) atoms. The van der Waals surface area contributed by atoms with Crippen molar-refractivity contribution in [1.82, 2.24) is 14.5 Å². The zero-order chi connectivity index (χ0) is 14.9. The number of carboxylic acid groups (broad SMARTS) is 1. The van der Waals surface area contributed by atoms with Crippen LogP contribution in [0.3, 0.4) is 0 Å². The van der Waals surface area contributed by atoms with Gasteiger partial charge in [0.2, 0.25) is 0 Å². The molecular formula is C14H15N3O3S. The van der Waals surface area contributed by atoms with Crippen LogP contribution < -0.4 is 0 Å². The molecule has 0 aliphatic carbocycles. The standard InChI is InChI=1S/C14H15N3O3S/c18-12(11-1-8-21-9-11)16-5-2-14(3-6-16,13(19)20)17-7-4-15-10-17/h1,4,7-10H,2-3,5-6H2,(H,19,20). The number of hydrogen-bond donors (Lipinski definition) is 1. The highest BCUT2D eigenvalue weighted by atomic mass is 32.1. The van der Waals surface area contributed by atoms with E-state index in [1.165, 1.54) is 17.7 Å². The average molecular weight is 305 g/mol. The van der Waals surface area contributed by atoms with Gasteiger partial charge >= 0.3 is 5.97 Å². The Labute approximate surface area is 125 Å². The number of amides is 1. The Balaban J connectivity index is 1.77. The molecule has 0 bridgehead atoms. The third-order valence-electron chi connectivity index (χ3n) is 4.04. The van der Waals surface area contributed by atoms with Gasteiger partial charge in [0.15, 0.2) is 0 Å². The Morgan fingerprint density at radius 2 is 2.10 bits per heavy atom. The molecule has 0 aromatic carbocycles. The van der Waals surface area contributed by atoms with Crippen molar-refractivity contribution in [2.75, 3.05) is 13.1 Å². The lowest BCUT2D eigenvalue weighted by atomic mass is 9.87. The number of carboxylic acids is 1. The van der Waals surface area contributed by atoms with Crippen LogP contribution in [-0.4, -0.2) is 44.5 Å². The van der Waals surface area contributed by atoms with Crippen LogP contribution in [0.4, 0.5) is 0 Å². The highest BCUT2D eigenvalue weighted by molar-refractivity contribution is 7.08. The number of hydrogen-bond acceptors (Lipinski definition) is 4. The fourth-order valence-electron chi connectivity index (χ4n) is 2.74. The van der Waals surface area contributed by atoms with Gasteiger partial charge in [-0.05, 0) is 24.3 Å². The van der Waals surface area contributed by atoms with Crippen LogP contribution in [0.25, 0.3) is 0 Å². The van der Waals surface area contributed by atoms with Crippen molar-refractivity contribution in [2.24, 2.45) is 0 Å². The molecule has 6 nitrogen and oxygen atoms in total. The molecule has 0 saturated carbocycles. The second-order valence-corrected chi connectivity index (χ2v) is 5.89. The van der Waals surface area contributed by atoms with Crippen molar-refractivity contribution < 1.29 is 14.7 Å². The number of aromatic nitrogens is 2. The summed E-state index contributed by atoms with van der Waals surface area (Å²) in [5.74, 6) is -0.899. The van der Waals surface area contributed by atoms with Gasteiger partial charge in [0.25, 0.3) is 5.91 Å². The van der Waals surface area contributed by atoms with Crippen LogP contribution >= 0.6 is 11.3 Å². The molecule has 7 heteroatoms. The molecule has 0 atom stereocenters. The summed E-state index contributed by atoms with van der Waals surface area (Å²) in [6, 6.07) is 1.79. The number of thiophene rings is 1. The first-order chi connectivity index (χ1) is 10.1. The van der Waals surface area contributed by atoms with Gasteiger partial charge in [0.05, 0.1) is 11.9 Å². The number of nitrogens with zero attached hydrogens (tertiary/aromatic N) is 3. The monoisotopic (exact) mass is 305 g/mol. The van der Waals surface area contributed by atoms with Crippen molar-refractivity contribution in [3.05, 3.63) is 41.1 Å². The lowest BCUT2D eigenvalue weighted by molar-refractivity contribution is -0.150. The molecule has 1 amide bonds. The van der Waals surface area contributed by atoms with Crippen molar-refractivity contribution in [3.63, 3.8) is 0 Å². The molecule has 1 aliphatic heterocycles. The SMILES string of the molecule is O=C(c1ccsc1)N1CCC(C(=O)O)(n2ccnc2)CC1. The fourth-order valence-corrected chi connectivity index (χ4v) is 3.37. The maximum Gasteiger partial charge on any atom is 0.330 e. The smallest absolute Gasteiger partial charge is 0.330 e. The van der Waals surface area contributed by atoms with Gasteiger partial charge in [0, 0.05) is 30.9 Å². The number of likely N-dealkylation sites (tertiary alicyclic amines) is 1. The zero-order valence-corrected chi connectivity index (χ0v) is 12.1. The predicted octanol–water partition coefficient (Wildman–Crippen LogP) is 1.66. The molecule has 2 aromatic heterocycles. The van der Waals surface area contributed by atoms with E-state index in [1.54, 1.807) is 27.9 Å². The van der Waals surface area contributed by atoms with Crippen molar-refractivity contribution in [3.8, 4) is 0 Å². The van der Waals surface area contributed by atoms with E-state index >= 15 is 0 Å². The van der Waals surface area contributed by atoms with Crippen LogP contribution in [0.1, 0.15) is 23.2 Å². The molecule has 1 N–H and O–H groups in total. The Hall–Kier alpha value is -2.15. The predicted molar refractivity (Wildman–Crippen MR) is 77.3 cm³/mol. The van der Waals surface area contributed by atoms with E-state index in [-0.39, 0.29) is 5.91 Å². The molecule has 0 unspecified atom stereocenters. The van der Waals surface area contributed by atoms with E-state index < -0.39 is 11.5 Å². The summed E-state index contributed by atoms with van der Waals surface area (Å²) < 4.78 is 1.64. The first-order valence-corrected chi connectivity index (χ1v) is 7.61. The first kappa shape index (κ1) is 13.8. The summed E-state index contributed by atoms with van der Waals surface area (Å²) >= 11 is 1.48. The van der Waals surface area contributed by atoms with E-state index in [1.807, 2.05) is 10.8 Å². The molecule has 0 spiro atoms. The maximum atomic E-state index is 12.3. The van der Waals surface area contributed by atoms with Crippen LogP contribution in [0, 0.1) is 0 Å². The number of rotatable bonds is 3. The number of carbonyl (C=O) groups is 2. The molecule has 0 radical (unpaired) electrons. The fraction of sp³-hybridized carbons (Fsp3) is 0.357. The Kier molecular flexibility index (Phi) is 3.50. The molecule has 3 heterocycles. The van der Waals surface area contributed by atoms with Gasteiger partial charge in [-0.15, -0.1) is 0 Å². The minimum Gasteiger partial charge on any atom is -0.479 e. The molecule has 1 saturated heterocycles. The summed E-state index contributed by atoms with van der Waals surface area (Å²) in [7, 11) is 0. The van der Waals surface area contributed by atoms with Gasteiger partial charge in [-0.1, -0.05) is 0 Å². The highest BCUT2D eigenvalue weighted by Crippen LogP contribution is 2.31. The minimum atomic E-state index is -0.998. The number of piperidine rings is 1. The van der Waals surface area contributed by atoms with Crippen molar-refractivity contribution >= 4 is 23.2 Å². The number of aliphatic carboxylic acids is 1. The van der Waals surface area contributed by atoms with Gasteiger partial charge in [0.1, 0.15) is 5.54 Å². The Bertz CT molecular complexity index is 628. The van der Waals surface area contributed by atoms with Gasteiger partial charge < -0.3 is 14.6 Å². The largest absolute Gasteiger partial charge is 0.479 e. The van der Waals surface area contributed by atoms with Crippen LogP contribution in [-0.2, 0) is 10.3 Å². The second-order valence-electron chi connectivity index (χ2n) is 5.11. The van der Waals surface area contributed by atoms with Crippen molar-refractivity contribution in [1.29, 1.82) is 0 Å². The van der Waals surface area contributed by atoms with Crippen LogP contribution in [0.2, 0.25) is 0 Å². The maximum absolute atomic E-state index is 12.3. The van der Waals surface area contributed by atoms with E-state index in [0.717, 1.165) is 0 Å². The zero-order valence-electron chi connectivity index (χ0n) is 11.3. The van der Waals surface area contributed by atoms with E-state index in [4.69, 9.17) is 0 Å². The second kappa shape index (κ2) is 5.33. The summed E-state index contributed by atoms with van der Waals surface area (Å²) in [4.78, 5) is 29.7. The Morgan fingerprint density at radius 3 is 2.62 bits per heavy atom. The summed E-state index contributed by atoms with van der Waals surface area (Å²) in [6.07, 6.45) is 5.55. The van der Waals surface area contributed by atoms with Gasteiger partial charge in [-0.3, -0.25) is 4.79 Å². The molecule has 1 fully saturated rings. The quantitative estimate of drug-likeness (QED) is 0.936. The third-order valence-corrected chi connectivity index (χ3v) is 4.73. The van der Waals surface area contributed by atoms with Crippen LogP contribution in [0.5, 0.6) is 0 Å². The number of imidazole rings is 1. The lowest BCUT2D eigenvalue weighted by Crippen LogP contribution is -2.52. The molecule has 110 valence electrons. The van der Waals surface area contributed by atoms with E-state index in [2.05, 4.69) is 4.98 Å². The molecule has 1 aliphatic rings. The molecular weight excluding hydrogens is 290 g/mol. The third kappa shape index (κ3) is 2.33. The summed E-state index contributed by atoms with van der Waals surface area (Å²) in [6.45, 7) is 0.859. The van der Waals surface area contributed by atoms with Gasteiger partial charge in [-0.2, -0.15) is 11.3 Å². The molecule has 3 rings (SSSR count). The molecule has 2 aromatic rings. The lowest BCUT2D eigenvalue weighted by Gasteiger charge is -2.39. The van der Waals surface area contributed by atoms with Crippen molar-refractivity contribution in [2.45, 2.75) is 18.4 Å². The average Bonchev–Trinajstić information content (AvgIpc) is 3.19. The minimum absolute atomic E-state index is 0.0270. The van der Waals surface area contributed by atoms with E-state index in [0.29, 0.717) is 31.5 Å². The van der Waals surface area contributed by atoms with Gasteiger partial charge in [-0.25, -0.2) is 9.78 Å². The number of carbonyl (C=O) groups excluding carboxylic acids is 1. The normalized spacial score (nSPS) is 17.6. The summed E-state index contributed by atoms with van der Waals surface area (Å²) in [5, 5.41) is 13.3. The topological polar surface area (TPSA) is 75.4 Å². The Morgan fingerprint density at radius 1 is 1.33 bits per heavy atom. The first-order valence-electron chi connectivity index (χ1n) is 6.67. The summed E-state index contributed by atoms with van der Waals surface area (Å²) in [5.41, 5.74) is -0.326. The highest BCUT2D eigenvalue weighted by Gasteiger charge is 2.43.